The van der Waals surface area contributed by atoms with E-state index in [1.54, 1.807) is 0 Å². The zero-order valence-electron chi connectivity index (χ0n) is 52.9. The number of para-hydroxylation sites is 2. The van der Waals surface area contributed by atoms with Gasteiger partial charge in [0.15, 0.2) is 0 Å². The fraction of sp³-hybridized carbons (Fsp3) is 0.205. The van der Waals surface area contributed by atoms with E-state index in [-0.39, 0.29) is 42.7 Å². The van der Waals surface area contributed by atoms with Gasteiger partial charge < -0.3 is 19.1 Å². The molecule has 6 heteroatoms. The maximum Gasteiger partial charge on any atom is 0.135 e. The summed E-state index contributed by atoms with van der Waals surface area (Å²) < 4.78 is 9.59. The standard InChI is InChI=1S/C83H73N4O.Pt/c1-79(2,3)56-39-40-84-75(47-56)87-73-38-24-35-69-76(73)77-70(83(69)67-33-18-16-31-63(67)64-32-17-19-34-68(64)83)49-62(50-74(77)87)88-61-30-23-29-60(48-61)85-51-86(72-37-21-20-36-71(72)85)78-65(54-28-22-27-53(41-54)52-25-14-13-15-26-52)45-59(82(10,11)12)46-66(78)55-42-57(80(4,5)6)44-58(43-55)81(7,8)9;/h13-47,49,51H,1-12H3;/q-3;. The molecule has 0 saturated carbocycles. The second-order valence-electron chi connectivity index (χ2n) is 28.6. The molecule has 0 radical (unpaired) electrons. The van der Waals surface area contributed by atoms with E-state index in [9.17, 15) is 0 Å². The van der Waals surface area contributed by atoms with Crippen LogP contribution >= 0.6 is 0 Å². The summed E-state index contributed by atoms with van der Waals surface area (Å²) in [7, 11) is 0. The molecule has 2 aliphatic carbocycles. The molecule has 0 bridgehead atoms. The van der Waals surface area contributed by atoms with E-state index < -0.39 is 5.41 Å². The third-order valence-electron chi connectivity index (χ3n) is 18.7. The molecule has 12 aromatic rings. The Balaban J connectivity index is 0.00000694. The summed E-state index contributed by atoms with van der Waals surface area (Å²) >= 11 is 0. The number of aromatic nitrogens is 2. The van der Waals surface area contributed by atoms with Crippen molar-refractivity contribution in [1.29, 1.82) is 0 Å². The Morgan fingerprint density at radius 2 is 0.955 bits per heavy atom. The van der Waals surface area contributed by atoms with Gasteiger partial charge in [0.05, 0.1) is 0 Å². The first-order valence-electron chi connectivity index (χ1n) is 31.1. The first-order chi connectivity index (χ1) is 42.1. The topological polar surface area (TPSA) is 33.5 Å². The van der Waals surface area contributed by atoms with Crippen molar-refractivity contribution in [2.45, 2.75) is 110 Å². The molecule has 2 aromatic heterocycles. The number of ether oxygens (including phenoxy) is 1. The second-order valence-corrected chi connectivity index (χ2v) is 28.6. The fourth-order valence-corrected chi connectivity index (χ4v) is 14.1. The van der Waals surface area contributed by atoms with Gasteiger partial charge in [0.25, 0.3) is 0 Å². The smallest absolute Gasteiger partial charge is 0.135 e. The Hall–Kier alpha value is -8.76. The number of anilines is 4. The summed E-state index contributed by atoms with van der Waals surface area (Å²) in [4.78, 5) is 9.82. The number of hydrogen-bond acceptors (Lipinski definition) is 4. The summed E-state index contributed by atoms with van der Waals surface area (Å²) in [6.07, 6.45) is 1.95. The molecule has 0 N–H and O–H groups in total. The summed E-state index contributed by atoms with van der Waals surface area (Å²) in [5.74, 6) is 2.05. The van der Waals surface area contributed by atoms with Gasteiger partial charge in [0, 0.05) is 77.9 Å². The third kappa shape index (κ3) is 9.40. The Morgan fingerprint density at radius 3 is 1.62 bits per heavy atom. The van der Waals surface area contributed by atoms with Gasteiger partial charge in [-0.25, -0.2) is 4.98 Å². The molecule has 0 amide bonds. The zero-order chi connectivity index (χ0) is 60.8. The average molecular weight is 1340 g/mol. The van der Waals surface area contributed by atoms with Crippen LogP contribution in [0.4, 0.5) is 22.7 Å². The molecule has 0 unspecified atom stereocenters. The minimum atomic E-state index is -0.583. The van der Waals surface area contributed by atoms with Crippen molar-refractivity contribution >= 4 is 44.6 Å². The van der Waals surface area contributed by atoms with E-state index in [1.807, 2.05) is 12.3 Å². The van der Waals surface area contributed by atoms with Crippen LogP contribution in [0.15, 0.2) is 219 Å². The number of nitrogens with zero attached hydrogens (tertiary/aromatic N) is 4. The van der Waals surface area contributed by atoms with Crippen molar-refractivity contribution in [2.24, 2.45) is 0 Å². The molecule has 0 saturated heterocycles. The first kappa shape index (κ1) is 58.0. The molecule has 0 atom stereocenters. The van der Waals surface area contributed by atoms with Crippen LogP contribution < -0.4 is 14.5 Å². The summed E-state index contributed by atoms with van der Waals surface area (Å²) in [5, 5.41) is 2.40. The van der Waals surface area contributed by atoms with Crippen LogP contribution in [0.5, 0.6) is 11.5 Å². The van der Waals surface area contributed by atoms with E-state index in [4.69, 9.17) is 9.72 Å². The number of hydrogen-bond donors (Lipinski definition) is 0. The van der Waals surface area contributed by atoms with Crippen molar-refractivity contribution in [1.82, 2.24) is 9.55 Å². The van der Waals surface area contributed by atoms with E-state index in [2.05, 4.69) is 323 Å². The number of benzene rings is 10. The van der Waals surface area contributed by atoms with Crippen molar-refractivity contribution in [2.75, 3.05) is 9.80 Å². The molecule has 15 rings (SSSR count). The molecule has 3 aliphatic rings. The van der Waals surface area contributed by atoms with Gasteiger partial charge in [-0.15, -0.1) is 48.3 Å². The predicted octanol–water partition coefficient (Wildman–Crippen LogP) is 21.8. The maximum absolute atomic E-state index is 7.28. The van der Waals surface area contributed by atoms with Crippen molar-refractivity contribution in [3.63, 3.8) is 0 Å². The Bertz CT molecular complexity index is 4730. The van der Waals surface area contributed by atoms with Crippen LogP contribution in [0.2, 0.25) is 0 Å². The summed E-state index contributed by atoms with van der Waals surface area (Å²) in [6.45, 7) is 30.0. The summed E-state index contributed by atoms with van der Waals surface area (Å²) in [6, 6.07) is 86.2. The SMILES string of the molecule is CC(C)(C)c1cc(-c2cc(C(C)(C)C)cc(-c3cccc(-c4ccccc4)c3)c2N2[CH-]N(c3[c-]c(Oc4[c-]c5c6c(c4)C4(c7ccccc7-c7ccccc74)c4cccc(c46)n5-c4cc(C(C)(C)C)ccn4)ccc3)c3ccccc32)cc(C(C)(C)C)c1.[Pt]. The van der Waals surface area contributed by atoms with Crippen LogP contribution in [0.25, 0.3) is 72.1 Å². The van der Waals surface area contributed by atoms with Gasteiger partial charge in [0.1, 0.15) is 5.82 Å². The molecule has 1 aliphatic heterocycles. The van der Waals surface area contributed by atoms with Crippen molar-refractivity contribution in [3.05, 3.63) is 282 Å². The van der Waals surface area contributed by atoms with Crippen LogP contribution in [-0.4, -0.2) is 9.55 Å². The minimum Gasteiger partial charge on any atom is -0.509 e. The van der Waals surface area contributed by atoms with Crippen molar-refractivity contribution in [3.8, 4) is 61.8 Å². The van der Waals surface area contributed by atoms with Crippen LogP contribution in [-0.2, 0) is 48.1 Å². The average Bonchev–Trinajstić information content (AvgIpc) is 1.49. The van der Waals surface area contributed by atoms with Gasteiger partial charge in [-0.3, -0.25) is 0 Å². The zero-order valence-corrected chi connectivity index (χ0v) is 55.1. The molecule has 10 aromatic carbocycles. The van der Waals surface area contributed by atoms with Gasteiger partial charge in [0.2, 0.25) is 0 Å². The molecule has 0 fully saturated rings. The molecule has 89 heavy (non-hydrogen) atoms. The maximum atomic E-state index is 7.28. The molecular weight excluding hydrogens is 1260 g/mol. The minimum absolute atomic E-state index is 0. The number of rotatable bonds is 8. The van der Waals surface area contributed by atoms with Crippen LogP contribution in [0, 0.1) is 18.8 Å². The summed E-state index contributed by atoms with van der Waals surface area (Å²) in [5.41, 5.74) is 24.7. The largest absolute Gasteiger partial charge is 0.509 e. The normalized spacial score (nSPS) is 14.0. The van der Waals surface area contributed by atoms with Gasteiger partial charge in [-0.2, -0.15) is 6.07 Å². The molecule has 444 valence electrons. The Labute approximate surface area is 540 Å². The van der Waals surface area contributed by atoms with E-state index >= 15 is 0 Å². The molecule has 3 heterocycles. The van der Waals surface area contributed by atoms with E-state index in [0.717, 1.165) is 50.7 Å². The quantitative estimate of drug-likeness (QED) is 0.142. The molecular formula is C83H73N4OPt-3. The van der Waals surface area contributed by atoms with Crippen LogP contribution in [0.1, 0.15) is 128 Å². The third-order valence-corrected chi connectivity index (χ3v) is 18.7. The first-order valence-corrected chi connectivity index (χ1v) is 31.1. The Kier molecular flexibility index (Phi) is 13.6. The Morgan fingerprint density at radius 1 is 0.404 bits per heavy atom. The van der Waals surface area contributed by atoms with Crippen LogP contribution in [0.3, 0.4) is 0 Å². The number of fused-ring (bicyclic) bond motifs is 8. The monoisotopic (exact) mass is 1340 g/mol. The molecule has 1 spiro atoms. The van der Waals surface area contributed by atoms with E-state index in [0.29, 0.717) is 11.5 Å². The van der Waals surface area contributed by atoms with Gasteiger partial charge in [-0.05, 0) is 148 Å². The fourth-order valence-electron chi connectivity index (χ4n) is 14.1. The molecule has 5 nitrogen and oxygen atoms in total. The van der Waals surface area contributed by atoms with Crippen molar-refractivity contribution < 1.29 is 25.8 Å². The predicted molar refractivity (Wildman–Crippen MR) is 366 cm³/mol. The van der Waals surface area contributed by atoms with Gasteiger partial charge in [-0.1, -0.05) is 234 Å². The van der Waals surface area contributed by atoms with E-state index in [1.165, 1.54) is 88.7 Å². The second kappa shape index (κ2) is 20.9. The van der Waals surface area contributed by atoms with Gasteiger partial charge >= 0.3 is 0 Å². The number of pyridine rings is 1.